The SMILES string of the molecule is CCOc1cc(CCCC(=O)O)ccc1NC(=O)CCC1CCCCC1. The summed E-state index contributed by atoms with van der Waals surface area (Å²) in [5.74, 6) is 0.607. The van der Waals surface area contributed by atoms with Crippen molar-refractivity contribution in [2.24, 2.45) is 5.92 Å². The maximum atomic E-state index is 12.3. The number of hydrogen-bond donors (Lipinski definition) is 2. The van der Waals surface area contributed by atoms with Gasteiger partial charge in [0.25, 0.3) is 0 Å². The third kappa shape index (κ3) is 7.06. The van der Waals surface area contributed by atoms with Crippen molar-refractivity contribution in [3.05, 3.63) is 23.8 Å². The molecule has 26 heavy (non-hydrogen) atoms. The maximum absolute atomic E-state index is 12.3. The van der Waals surface area contributed by atoms with E-state index < -0.39 is 5.97 Å². The van der Waals surface area contributed by atoms with Crippen LogP contribution in [0.2, 0.25) is 0 Å². The summed E-state index contributed by atoms with van der Waals surface area (Å²) in [6.45, 7) is 2.43. The van der Waals surface area contributed by atoms with Crippen LogP contribution in [0, 0.1) is 5.92 Å². The Morgan fingerprint density at radius 2 is 1.96 bits per heavy atom. The Morgan fingerprint density at radius 3 is 2.65 bits per heavy atom. The summed E-state index contributed by atoms with van der Waals surface area (Å²) in [7, 11) is 0. The van der Waals surface area contributed by atoms with E-state index in [2.05, 4.69) is 5.32 Å². The second kappa shape index (κ2) is 10.8. The zero-order valence-electron chi connectivity index (χ0n) is 15.8. The maximum Gasteiger partial charge on any atom is 0.303 e. The number of carboxylic acids is 1. The normalized spacial score (nSPS) is 14.8. The number of ether oxygens (including phenoxy) is 1. The van der Waals surface area contributed by atoms with Crippen LogP contribution in [0.15, 0.2) is 18.2 Å². The van der Waals surface area contributed by atoms with Crippen LogP contribution in [0.5, 0.6) is 5.75 Å². The number of aryl methyl sites for hydroxylation is 1. The summed E-state index contributed by atoms with van der Waals surface area (Å²) in [5, 5.41) is 11.7. The molecule has 0 spiro atoms. The second-order valence-corrected chi connectivity index (χ2v) is 7.10. The van der Waals surface area contributed by atoms with Crippen LogP contribution >= 0.6 is 0 Å². The Morgan fingerprint density at radius 1 is 1.19 bits per heavy atom. The molecule has 1 amide bonds. The predicted molar refractivity (Wildman–Crippen MR) is 103 cm³/mol. The van der Waals surface area contributed by atoms with E-state index in [1.165, 1.54) is 32.1 Å². The van der Waals surface area contributed by atoms with Gasteiger partial charge in [-0.25, -0.2) is 0 Å². The average Bonchev–Trinajstić information content (AvgIpc) is 2.63. The van der Waals surface area contributed by atoms with Crippen molar-refractivity contribution in [2.45, 2.75) is 71.1 Å². The van der Waals surface area contributed by atoms with Crippen LogP contribution in [0.3, 0.4) is 0 Å². The van der Waals surface area contributed by atoms with E-state index in [-0.39, 0.29) is 12.3 Å². The zero-order valence-corrected chi connectivity index (χ0v) is 15.8. The van der Waals surface area contributed by atoms with Gasteiger partial charge in [0.15, 0.2) is 0 Å². The molecule has 0 bridgehead atoms. The first-order valence-electron chi connectivity index (χ1n) is 9.86. The van der Waals surface area contributed by atoms with Gasteiger partial charge < -0.3 is 15.2 Å². The van der Waals surface area contributed by atoms with Gasteiger partial charge in [-0.1, -0.05) is 38.2 Å². The van der Waals surface area contributed by atoms with Crippen molar-refractivity contribution in [3.63, 3.8) is 0 Å². The molecule has 5 heteroatoms. The fourth-order valence-electron chi connectivity index (χ4n) is 3.57. The highest BCUT2D eigenvalue weighted by atomic mass is 16.5. The molecule has 2 rings (SSSR count). The van der Waals surface area contributed by atoms with Crippen LogP contribution in [0.4, 0.5) is 5.69 Å². The number of nitrogens with one attached hydrogen (secondary N) is 1. The predicted octanol–water partition coefficient (Wildman–Crippen LogP) is 4.79. The van der Waals surface area contributed by atoms with Gasteiger partial charge >= 0.3 is 5.97 Å². The van der Waals surface area contributed by atoms with E-state index in [4.69, 9.17) is 9.84 Å². The Hall–Kier alpha value is -2.04. The Labute approximate surface area is 156 Å². The van der Waals surface area contributed by atoms with E-state index in [0.29, 0.717) is 43.2 Å². The molecule has 1 aromatic carbocycles. The van der Waals surface area contributed by atoms with Crippen molar-refractivity contribution in [1.82, 2.24) is 0 Å². The molecule has 0 unspecified atom stereocenters. The molecule has 144 valence electrons. The van der Waals surface area contributed by atoms with Crippen LogP contribution < -0.4 is 10.1 Å². The molecule has 0 radical (unpaired) electrons. The van der Waals surface area contributed by atoms with Gasteiger partial charge in [0, 0.05) is 12.8 Å². The van der Waals surface area contributed by atoms with Gasteiger partial charge in [-0.15, -0.1) is 0 Å². The number of carbonyl (C=O) groups excluding carboxylic acids is 1. The molecule has 2 N–H and O–H groups in total. The second-order valence-electron chi connectivity index (χ2n) is 7.10. The standard InChI is InChI=1S/C21H31NO4/c1-2-26-19-15-17(9-6-10-21(24)25)11-13-18(19)22-20(23)14-12-16-7-4-3-5-8-16/h11,13,15-16H,2-10,12,14H2,1H3,(H,22,23)(H,24,25). The molecule has 0 aliphatic heterocycles. The lowest BCUT2D eigenvalue weighted by atomic mass is 9.86. The van der Waals surface area contributed by atoms with Crippen LogP contribution in [0.1, 0.15) is 70.3 Å². The molecule has 1 fully saturated rings. The Bertz CT molecular complexity index is 594. The van der Waals surface area contributed by atoms with Gasteiger partial charge in [0.1, 0.15) is 5.75 Å². The average molecular weight is 361 g/mol. The highest BCUT2D eigenvalue weighted by molar-refractivity contribution is 5.92. The van der Waals surface area contributed by atoms with Crippen LogP contribution in [0.25, 0.3) is 0 Å². The number of anilines is 1. The van der Waals surface area contributed by atoms with Crippen molar-refractivity contribution in [2.75, 3.05) is 11.9 Å². The van der Waals surface area contributed by atoms with E-state index in [9.17, 15) is 9.59 Å². The molecular weight excluding hydrogens is 330 g/mol. The highest BCUT2D eigenvalue weighted by Gasteiger charge is 2.16. The third-order valence-electron chi connectivity index (χ3n) is 4.98. The van der Waals surface area contributed by atoms with Gasteiger partial charge in [-0.05, 0) is 49.8 Å². The number of benzene rings is 1. The minimum atomic E-state index is -0.781. The van der Waals surface area contributed by atoms with Gasteiger partial charge in [0.05, 0.1) is 12.3 Å². The van der Waals surface area contributed by atoms with Gasteiger partial charge in [-0.3, -0.25) is 9.59 Å². The van der Waals surface area contributed by atoms with E-state index in [0.717, 1.165) is 12.0 Å². The molecule has 1 aromatic rings. The monoisotopic (exact) mass is 361 g/mol. The molecule has 0 saturated heterocycles. The summed E-state index contributed by atoms with van der Waals surface area (Å²) in [6.07, 6.45) is 9.37. The quantitative estimate of drug-likeness (QED) is 0.628. The van der Waals surface area contributed by atoms with Crippen molar-refractivity contribution in [3.8, 4) is 5.75 Å². The van der Waals surface area contributed by atoms with Crippen LogP contribution in [-0.4, -0.2) is 23.6 Å². The molecule has 1 aliphatic rings. The summed E-state index contributed by atoms with van der Waals surface area (Å²) in [6, 6.07) is 5.70. The summed E-state index contributed by atoms with van der Waals surface area (Å²) in [4.78, 5) is 22.9. The van der Waals surface area contributed by atoms with Crippen molar-refractivity contribution < 1.29 is 19.4 Å². The molecule has 0 aromatic heterocycles. The number of rotatable bonds is 10. The lowest BCUT2D eigenvalue weighted by Crippen LogP contribution is -2.15. The third-order valence-corrected chi connectivity index (χ3v) is 4.98. The largest absolute Gasteiger partial charge is 0.492 e. The molecule has 5 nitrogen and oxygen atoms in total. The van der Waals surface area contributed by atoms with E-state index in [1.807, 2.05) is 25.1 Å². The van der Waals surface area contributed by atoms with Crippen molar-refractivity contribution >= 4 is 17.6 Å². The lowest BCUT2D eigenvalue weighted by Gasteiger charge is -2.21. The van der Waals surface area contributed by atoms with Crippen LogP contribution in [-0.2, 0) is 16.0 Å². The summed E-state index contributed by atoms with van der Waals surface area (Å²) in [5.41, 5.74) is 1.72. The molecule has 1 saturated carbocycles. The number of hydrogen-bond acceptors (Lipinski definition) is 3. The Kier molecular flexibility index (Phi) is 8.45. The number of amides is 1. The van der Waals surface area contributed by atoms with Crippen molar-refractivity contribution in [1.29, 1.82) is 0 Å². The first kappa shape index (κ1) is 20.3. The fourth-order valence-corrected chi connectivity index (χ4v) is 3.57. The first-order valence-corrected chi connectivity index (χ1v) is 9.86. The Balaban J connectivity index is 1.89. The topological polar surface area (TPSA) is 75.6 Å². The smallest absolute Gasteiger partial charge is 0.303 e. The summed E-state index contributed by atoms with van der Waals surface area (Å²) >= 11 is 0. The molecule has 0 atom stereocenters. The summed E-state index contributed by atoms with van der Waals surface area (Å²) < 4.78 is 5.67. The minimum absolute atomic E-state index is 0.0372. The fraction of sp³-hybridized carbons (Fsp3) is 0.619. The van der Waals surface area contributed by atoms with E-state index >= 15 is 0 Å². The van der Waals surface area contributed by atoms with E-state index in [1.54, 1.807) is 0 Å². The highest BCUT2D eigenvalue weighted by Crippen LogP contribution is 2.29. The van der Waals surface area contributed by atoms with Gasteiger partial charge in [-0.2, -0.15) is 0 Å². The number of carboxylic acid groups (broad SMARTS) is 1. The first-order chi connectivity index (χ1) is 12.6. The lowest BCUT2D eigenvalue weighted by molar-refractivity contribution is -0.137. The number of carbonyl (C=O) groups is 2. The minimum Gasteiger partial charge on any atom is -0.492 e. The molecule has 1 aliphatic carbocycles. The zero-order chi connectivity index (χ0) is 18.8. The van der Waals surface area contributed by atoms with Gasteiger partial charge in [0.2, 0.25) is 5.91 Å². The number of aliphatic carboxylic acids is 1. The molecule has 0 heterocycles. The molecular formula is C21H31NO4.